The second kappa shape index (κ2) is 8.64. The molecule has 1 heterocycles. The van der Waals surface area contributed by atoms with Crippen LogP contribution in [0.3, 0.4) is 0 Å². The summed E-state index contributed by atoms with van der Waals surface area (Å²) in [5, 5.41) is 12.3. The topological polar surface area (TPSA) is 73.3 Å². The van der Waals surface area contributed by atoms with Crippen molar-refractivity contribution in [2.24, 2.45) is 0 Å². The first kappa shape index (κ1) is 18.8. The molecule has 0 unspecified atom stereocenters. The Morgan fingerprint density at radius 3 is 2.52 bits per heavy atom. The number of carbonyl (C=O) groups is 1. The van der Waals surface area contributed by atoms with Crippen molar-refractivity contribution in [1.82, 2.24) is 10.2 Å². The van der Waals surface area contributed by atoms with E-state index in [1.54, 1.807) is 18.2 Å². The van der Waals surface area contributed by atoms with Gasteiger partial charge in [0, 0.05) is 11.1 Å². The fourth-order valence-electron chi connectivity index (χ4n) is 2.56. The van der Waals surface area contributed by atoms with Crippen molar-refractivity contribution in [3.8, 4) is 22.1 Å². The zero-order valence-corrected chi connectivity index (χ0v) is 16.3. The first-order valence-corrected chi connectivity index (χ1v) is 9.54. The maximum absolute atomic E-state index is 12.6. The largest absolute Gasteiger partial charge is 0.490 e. The summed E-state index contributed by atoms with van der Waals surface area (Å²) in [4.78, 5) is 12.6. The molecule has 2 aromatic carbocycles. The van der Waals surface area contributed by atoms with Crippen molar-refractivity contribution in [1.29, 1.82) is 0 Å². The number of ether oxygens (including phenoxy) is 2. The van der Waals surface area contributed by atoms with E-state index in [1.165, 1.54) is 11.3 Å². The molecule has 3 aromatic rings. The average molecular weight is 383 g/mol. The highest BCUT2D eigenvalue weighted by molar-refractivity contribution is 7.18. The maximum Gasteiger partial charge on any atom is 0.257 e. The van der Waals surface area contributed by atoms with Gasteiger partial charge in [-0.3, -0.25) is 10.1 Å². The lowest BCUT2D eigenvalue weighted by atomic mass is 10.1. The Balaban J connectivity index is 1.78. The van der Waals surface area contributed by atoms with Gasteiger partial charge in [0.1, 0.15) is 5.01 Å². The fourth-order valence-corrected chi connectivity index (χ4v) is 3.39. The zero-order valence-electron chi connectivity index (χ0n) is 15.5. The van der Waals surface area contributed by atoms with E-state index in [0.717, 1.165) is 16.1 Å². The molecule has 3 rings (SSSR count). The molecule has 0 saturated carbocycles. The van der Waals surface area contributed by atoms with E-state index in [9.17, 15) is 4.79 Å². The highest BCUT2D eigenvalue weighted by Crippen LogP contribution is 2.31. The molecule has 0 saturated heterocycles. The van der Waals surface area contributed by atoms with Crippen LogP contribution in [0.4, 0.5) is 5.13 Å². The summed E-state index contributed by atoms with van der Waals surface area (Å²) < 4.78 is 11.1. The number of hydrogen-bond donors (Lipinski definition) is 1. The Labute approximate surface area is 162 Å². The second-order valence-corrected chi connectivity index (χ2v) is 6.69. The molecule has 0 aliphatic carbocycles. The molecule has 0 aliphatic heterocycles. The summed E-state index contributed by atoms with van der Waals surface area (Å²) in [6, 6.07) is 13.1. The minimum atomic E-state index is -0.272. The molecule has 1 amide bonds. The van der Waals surface area contributed by atoms with Gasteiger partial charge in [-0.2, -0.15) is 0 Å². The molecule has 140 valence electrons. The zero-order chi connectivity index (χ0) is 19.2. The van der Waals surface area contributed by atoms with Crippen molar-refractivity contribution >= 4 is 22.4 Å². The Bertz CT molecular complexity index is 940. The van der Waals surface area contributed by atoms with Crippen LogP contribution in [0.5, 0.6) is 11.5 Å². The number of aromatic nitrogens is 2. The first-order chi connectivity index (χ1) is 13.1. The van der Waals surface area contributed by atoms with Gasteiger partial charge in [-0.05, 0) is 44.5 Å². The van der Waals surface area contributed by atoms with Gasteiger partial charge in [0.15, 0.2) is 11.5 Å². The van der Waals surface area contributed by atoms with Gasteiger partial charge >= 0.3 is 0 Å². The predicted octanol–water partition coefficient (Wildman–Crippen LogP) is 4.56. The molecule has 27 heavy (non-hydrogen) atoms. The number of amides is 1. The summed E-state index contributed by atoms with van der Waals surface area (Å²) in [7, 11) is 0. The lowest BCUT2D eigenvalue weighted by molar-refractivity contribution is 0.102. The van der Waals surface area contributed by atoms with E-state index in [0.29, 0.717) is 35.4 Å². The predicted molar refractivity (Wildman–Crippen MR) is 107 cm³/mol. The number of benzene rings is 2. The smallest absolute Gasteiger partial charge is 0.257 e. The minimum Gasteiger partial charge on any atom is -0.490 e. The Hall–Kier alpha value is -2.93. The maximum atomic E-state index is 12.6. The molecule has 6 nitrogen and oxygen atoms in total. The van der Waals surface area contributed by atoms with Crippen molar-refractivity contribution in [2.75, 3.05) is 18.5 Å². The third-order valence-electron chi connectivity index (χ3n) is 3.83. The van der Waals surface area contributed by atoms with Gasteiger partial charge in [0.05, 0.1) is 13.2 Å². The van der Waals surface area contributed by atoms with Crippen LogP contribution < -0.4 is 14.8 Å². The summed E-state index contributed by atoms with van der Waals surface area (Å²) in [6.07, 6.45) is 0. The molecular formula is C20H21N3O3S. The Morgan fingerprint density at radius 1 is 1.04 bits per heavy atom. The van der Waals surface area contributed by atoms with Crippen LogP contribution in [-0.2, 0) is 0 Å². The summed E-state index contributed by atoms with van der Waals surface area (Å²) in [5.41, 5.74) is 2.59. The van der Waals surface area contributed by atoms with Crippen LogP contribution >= 0.6 is 11.3 Å². The number of hydrogen-bond acceptors (Lipinski definition) is 6. The lowest BCUT2D eigenvalue weighted by Crippen LogP contribution is -2.12. The number of nitrogens with zero attached hydrogens (tertiary/aromatic N) is 2. The van der Waals surface area contributed by atoms with Crippen molar-refractivity contribution < 1.29 is 14.3 Å². The van der Waals surface area contributed by atoms with E-state index in [4.69, 9.17) is 9.47 Å². The number of aryl methyl sites for hydroxylation is 1. The van der Waals surface area contributed by atoms with Gasteiger partial charge in [-0.25, -0.2) is 0 Å². The highest BCUT2D eigenvalue weighted by Gasteiger charge is 2.15. The van der Waals surface area contributed by atoms with Crippen molar-refractivity contribution in [2.45, 2.75) is 20.8 Å². The quantitative estimate of drug-likeness (QED) is 0.647. The van der Waals surface area contributed by atoms with Crippen LogP contribution in [0.1, 0.15) is 29.8 Å². The molecule has 0 fully saturated rings. The van der Waals surface area contributed by atoms with E-state index in [2.05, 4.69) is 15.5 Å². The molecule has 0 bridgehead atoms. The van der Waals surface area contributed by atoms with Gasteiger partial charge < -0.3 is 9.47 Å². The molecule has 7 heteroatoms. The van der Waals surface area contributed by atoms with Gasteiger partial charge in [-0.1, -0.05) is 35.6 Å². The number of anilines is 1. The third kappa shape index (κ3) is 4.43. The Kier molecular flexibility index (Phi) is 6.03. The summed E-state index contributed by atoms with van der Waals surface area (Å²) in [5.74, 6) is 0.894. The van der Waals surface area contributed by atoms with Gasteiger partial charge in [-0.15, -0.1) is 10.2 Å². The fraction of sp³-hybridized carbons (Fsp3) is 0.250. The molecule has 0 aliphatic rings. The standard InChI is InChI=1S/C20H21N3O3S/c1-4-25-16-11-10-14(12-17(16)26-5-2)18(24)21-20-23-22-19(27-20)15-9-7-6-8-13(15)3/h6-12H,4-5H2,1-3H3,(H,21,23,24). The molecule has 0 radical (unpaired) electrons. The normalized spacial score (nSPS) is 10.5. The highest BCUT2D eigenvalue weighted by atomic mass is 32.1. The van der Waals surface area contributed by atoms with Crippen LogP contribution in [0, 0.1) is 6.92 Å². The second-order valence-electron chi connectivity index (χ2n) is 5.71. The average Bonchev–Trinajstić information content (AvgIpc) is 3.12. The number of nitrogens with one attached hydrogen (secondary N) is 1. The first-order valence-electron chi connectivity index (χ1n) is 8.72. The molecule has 1 aromatic heterocycles. The van der Waals surface area contributed by atoms with E-state index in [1.807, 2.05) is 45.0 Å². The third-order valence-corrected chi connectivity index (χ3v) is 4.70. The monoisotopic (exact) mass is 383 g/mol. The van der Waals surface area contributed by atoms with E-state index in [-0.39, 0.29) is 5.91 Å². The molecule has 1 N–H and O–H groups in total. The molecular weight excluding hydrogens is 362 g/mol. The SMILES string of the molecule is CCOc1ccc(C(=O)Nc2nnc(-c3ccccc3C)s2)cc1OCC. The van der Waals surface area contributed by atoms with Crippen LogP contribution in [-0.4, -0.2) is 29.3 Å². The minimum absolute atomic E-state index is 0.272. The van der Waals surface area contributed by atoms with Crippen LogP contribution in [0.2, 0.25) is 0 Å². The van der Waals surface area contributed by atoms with Crippen molar-refractivity contribution in [3.63, 3.8) is 0 Å². The lowest BCUT2D eigenvalue weighted by Gasteiger charge is -2.12. The number of rotatable bonds is 7. The van der Waals surface area contributed by atoms with Crippen LogP contribution in [0.25, 0.3) is 10.6 Å². The van der Waals surface area contributed by atoms with Crippen LogP contribution in [0.15, 0.2) is 42.5 Å². The van der Waals surface area contributed by atoms with E-state index < -0.39 is 0 Å². The summed E-state index contributed by atoms with van der Waals surface area (Å²) in [6.45, 7) is 6.82. The van der Waals surface area contributed by atoms with Gasteiger partial charge in [0.25, 0.3) is 5.91 Å². The Morgan fingerprint density at radius 2 is 1.78 bits per heavy atom. The van der Waals surface area contributed by atoms with E-state index >= 15 is 0 Å². The summed E-state index contributed by atoms with van der Waals surface area (Å²) >= 11 is 1.34. The van der Waals surface area contributed by atoms with Gasteiger partial charge in [0.2, 0.25) is 5.13 Å². The molecule has 0 spiro atoms. The number of carbonyl (C=O) groups excluding carboxylic acids is 1. The molecule has 0 atom stereocenters. The van der Waals surface area contributed by atoms with Crippen molar-refractivity contribution in [3.05, 3.63) is 53.6 Å².